The van der Waals surface area contributed by atoms with E-state index in [9.17, 15) is 9.59 Å². The fourth-order valence-corrected chi connectivity index (χ4v) is 2.84. The molecule has 1 amide bonds. The van der Waals surface area contributed by atoms with Crippen LogP contribution in [0.15, 0.2) is 35.5 Å². The lowest BCUT2D eigenvalue weighted by Crippen LogP contribution is -2.23. The van der Waals surface area contributed by atoms with Crippen LogP contribution in [0.2, 0.25) is 0 Å². The lowest BCUT2D eigenvalue weighted by Gasteiger charge is -2.03. The highest BCUT2D eigenvalue weighted by molar-refractivity contribution is 5.80. The Morgan fingerprint density at radius 1 is 1.41 bits per heavy atom. The summed E-state index contributed by atoms with van der Waals surface area (Å²) in [5.74, 6) is 0.206. The number of aromatic nitrogens is 6. The maximum atomic E-state index is 12.2. The Bertz CT molecular complexity index is 1270. The second kappa shape index (κ2) is 6.38. The van der Waals surface area contributed by atoms with Gasteiger partial charge in [0, 0.05) is 26.2 Å². The van der Waals surface area contributed by atoms with Crippen LogP contribution in [0.3, 0.4) is 0 Å². The standard InChI is InChI=1S/C17H14N8O2/c1-19-14(26)3-4-24-16-12(22-17(24)27)9-20-15(23-16)11-8-21-25-5-2-10(7-18)6-13(11)25/h2,5-6,8-9H,3-4H2,1H3,(H,19,26)(H,22,27). The van der Waals surface area contributed by atoms with Crippen LogP contribution in [-0.4, -0.2) is 42.1 Å². The van der Waals surface area contributed by atoms with Crippen molar-refractivity contribution in [2.75, 3.05) is 7.05 Å². The first kappa shape index (κ1) is 16.5. The third-order valence-corrected chi connectivity index (χ3v) is 4.24. The molecule has 0 fully saturated rings. The van der Waals surface area contributed by atoms with Gasteiger partial charge in [0.25, 0.3) is 0 Å². The van der Waals surface area contributed by atoms with E-state index in [2.05, 4.69) is 31.4 Å². The van der Waals surface area contributed by atoms with Gasteiger partial charge in [0.1, 0.15) is 5.52 Å². The third kappa shape index (κ3) is 2.81. The topological polar surface area (TPSA) is 134 Å². The van der Waals surface area contributed by atoms with E-state index in [4.69, 9.17) is 5.26 Å². The summed E-state index contributed by atoms with van der Waals surface area (Å²) in [4.78, 5) is 35.2. The Hall–Kier alpha value is -4.00. The predicted octanol–water partition coefficient (Wildman–Crippen LogP) is 0.442. The molecule has 0 saturated heterocycles. The molecule has 0 aliphatic heterocycles. The van der Waals surface area contributed by atoms with E-state index < -0.39 is 0 Å². The quantitative estimate of drug-likeness (QED) is 0.541. The number of carbonyl (C=O) groups excluding carboxylic acids is 1. The number of aromatic amines is 1. The first-order chi connectivity index (χ1) is 13.1. The number of H-pyrrole nitrogens is 1. The normalized spacial score (nSPS) is 11.0. The minimum Gasteiger partial charge on any atom is -0.359 e. The number of hydrogen-bond donors (Lipinski definition) is 2. The first-order valence-electron chi connectivity index (χ1n) is 8.14. The third-order valence-electron chi connectivity index (χ3n) is 4.24. The number of nitrogens with one attached hydrogen (secondary N) is 2. The highest BCUT2D eigenvalue weighted by Crippen LogP contribution is 2.23. The molecular formula is C17H14N8O2. The zero-order valence-electron chi connectivity index (χ0n) is 14.3. The van der Waals surface area contributed by atoms with Gasteiger partial charge in [-0.3, -0.25) is 9.36 Å². The molecule has 0 atom stereocenters. The van der Waals surface area contributed by atoms with Crippen LogP contribution in [0.5, 0.6) is 0 Å². The summed E-state index contributed by atoms with van der Waals surface area (Å²) in [6.07, 6.45) is 4.97. The van der Waals surface area contributed by atoms with Crippen molar-refractivity contribution in [3.8, 4) is 17.5 Å². The Morgan fingerprint density at radius 2 is 2.26 bits per heavy atom. The van der Waals surface area contributed by atoms with E-state index in [1.807, 2.05) is 0 Å². The molecule has 0 aliphatic carbocycles. The highest BCUT2D eigenvalue weighted by atomic mass is 16.2. The van der Waals surface area contributed by atoms with Crippen molar-refractivity contribution in [3.05, 3.63) is 46.8 Å². The number of pyridine rings is 1. The van der Waals surface area contributed by atoms with Crippen LogP contribution >= 0.6 is 0 Å². The Morgan fingerprint density at radius 3 is 3.04 bits per heavy atom. The van der Waals surface area contributed by atoms with Crippen molar-refractivity contribution in [2.24, 2.45) is 0 Å². The molecule has 2 N–H and O–H groups in total. The van der Waals surface area contributed by atoms with E-state index in [1.165, 1.54) is 10.8 Å². The van der Waals surface area contributed by atoms with E-state index in [0.717, 1.165) is 0 Å². The molecule has 0 aromatic carbocycles. The van der Waals surface area contributed by atoms with Crippen molar-refractivity contribution in [3.63, 3.8) is 0 Å². The molecule has 4 rings (SSSR count). The number of aryl methyl sites for hydroxylation is 1. The predicted molar refractivity (Wildman–Crippen MR) is 95.7 cm³/mol. The number of amides is 1. The molecule has 0 spiro atoms. The minimum absolute atomic E-state index is 0.158. The molecule has 4 heterocycles. The van der Waals surface area contributed by atoms with E-state index >= 15 is 0 Å². The number of nitriles is 1. The fourth-order valence-electron chi connectivity index (χ4n) is 2.84. The van der Waals surface area contributed by atoms with Crippen LogP contribution in [0, 0.1) is 11.3 Å². The van der Waals surface area contributed by atoms with Crippen LogP contribution in [0.4, 0.5) is 0 Å². The monoisotopic (exact) mass is 362 g/mol. The number of nitrogens with zero attached hydrogens (tertiary/aromatic N) is 6. The molecule has 4 aromatic heterocycles. The maximum Gasteiger partial charge on any atom is 0.327 e. The summed E-state index contributed by atoms with van der Waals surface area (Å²) in [6.45, 7) is 0.197. The average Bonchev–Trinajstić information content (AvgIpc) is 3.25. The zero-order chi connectivity index (χ0) is 19.0. The largest absolute Gasteiger partial charge is 0.359 e. The molecule has 0 aliphatic rings. The molecule has 0 radical (unpaired) electrons. The van der Waals surface area contributed by atoms with Crippen molar-refractivity contribution in [2.45, 2.75) is 13.0 Å². The molecule has 10 heteroatoms. The van der Waals surface area contributed by atoms with Crippen molar-refractivity contribution in [1.82, 2.24) is 34.4 Å². The fraction of sp³-hybridized carbons (Fsp3) is 0.176. The van der Waals surface area contributed by atoms with Gasteiger partial charge in [0.2, 0.25) is 5.91 Å². The van der Waals surface area contributed by atoms with Gasteiger partial charge >= 0.3 is 5.69 Å². The summed E-state index contributed by atoms with van der Waals surface area (Å²) in [5, 5.41) is 15.9. The van der Waals surface area contributed by atoms with Gasteiger partial charge in [0.15, 0.2) is 11.5 Å². The summed E-state index contributed by atoms with van der Waals surface area (Å²) >= 11 is 0. The summed E-state index contributed by atoms with van der Waals surface area (Å²) in [7, 11) is 1.54. The molecule has 0 unspecified atom stereocenters. The Balaban J connectivity index is 1.83. The number of carbonyl (C=O) groups is 1. The molecule has 4 aromatic rings. The van der Waals surface area contributed by atoms with Crippen LogP contribution in [0.1, 0.15) is 12.0 Å². The van der Waals surface area contributed by atoms with Gasteiger partial charge in [-0.2, -0.15) is 10.4 Å². The van der Waals surface area contributed by atoms with Gasteiger partial charge in [-0.05, 0) is 12.1 Å². The van der Waals surface area contributed by atoms with Crippen molar-refractivity contribution >= 4 is 22.6 Å². The molecule has 10 nitrogen and oxygen atoms in total. The smallest absolute Gasteiger partial charge is 0.327 e. The van der Waals surface area contributed by atoms with Crippen LogP contribution < -0.4 is 11.0 Å². The zero-order valence-corrected chi connectivity index (χ0v) is 14.3. The molecule has 0 saturated carbocycles. The van der Waals surface area contributed by atoms with E-state index in [1.54, 1.807) is 36.1 Å². The van der Waals surface area contributed by atoms with Crippen molar-refractivity contribution in [1.29, 1.82) is 5.26 Å². The maximum absolute atomic E-state index is 12.2. The number of rotatable bonds is 4. The van der Waals surface area contributed by atoms with E-state index in [0.29, 0.717) is 33.6 Å². The van der Waals surface area contributed by atoms with Gasteiger partial charge < -0.3 is 10.3 Å². The molecule has 27 heavy (non-hydrogen) atoms. The second-order valence-corrected chi connectivity index (χ2v) is 5.85. The highest BCUT2D eigenvalue weighted by Gasteiger charge is 2.15. The minimum atomic E-state index is -0.355. The lowest BCUT2D eigenvalue weighted by atomic mass is 10.2. The SMILES string of the molecule is CNC(=O)CCn1c(=O)[nH]c2cnc(-c3cnn4ccc(C#N)cc34)nc21. The Kier molecular flexibility index (Phi) is 3.89. The number of hydrogen-bond acceptors (Lipinski definition) is 6. The summed E-state index contributed by atoms with van der Waals surface area (Å²) in [6, 6.07) is 5.46. The van der Waals surface area contributed by atoms with E-state index in [-0.39, 0.29) is 24.6 Å². The van der Waals surface area contributed by atoms with Gasteiger partial charge in [-0.25, -0.2) is 19.3 Å². The summed E-state index contributed by atoms with van der Waals surface area (Å²) in [5.41, 5.74) is 2.35. The first-order valence-corrected chi connectivity index (χ1v) is 8.14. The Labute approximate surface area is 152 Å². The summed E-state index contributed by atoms with van der Waals surface area (Å²) < 4.78 is 3.03. The van der Waals surface area contributed by atoms with Gasteiger partial charge in [-0.1, -0.05) is 0 Å². The lowest BCUT2D eigenvalue weighted by molar-refractivity contribution is -0.120. The number of imidazole rings is 1. The van der Waals surface area contributed by atoms with Crippen LogP contribution in [-0.2, 0) is 11.3 Å². The van der Waals surface area contributed by atoms with Crippen molar-refractivity contribution < 1.29 is 4.79 Å². The molecule has 0 bridgehead atoms. The molecular weight excluding hydrogens is 348 g/mol. The number of fused-ring (bicyclic) bond motifs is 2. The van der Waals surface area contributed by atoms with Gasteiger partial charge in [0.05, 0.1) is 35.1 Å². The second-order valence-electron chi connectivity index (χ2n) is 5.85. The average molecular weight is 362 g/mol. The van der Waals surface area contributed by atoms with Crippen LogP contribution in [0.25, 0.3) is 28.1 Å². The molecule has 134 valence electrons. The van der Waals surface area contributed by atoms with Gasteiger partial charge in [-0.15, -0.1) is 0 Å².